The van der Waals surface area contributed by atoms with Crippen LogP contribution in [0.25, 0.3) is 0 Å². The van der Waals surface area contributed by atoms with Gasteiger partial charge in [-0.15, -0.1) is 0 Å². The summed E-state index contributed by atoms with van der Waals surface area (Å²) in [6.07, 6.45) is 9.22. The number of nitrogens with two attached hydrogens (primary N) is 1. The van der Waals surface area contributed by atoms with Gasteiger partial charge in [0.25, 0.3) is 0 Å². The molecule has 48 valence electrons. The van der Waals surface area contributed by atoms with Crippen LogP contribution in [0.5, 0.6) is 0 Å². The SMILES string of the molecule is CC1(N)C=CC=CC=N1. The fourth-order valence-electron chi connectivity index (χ4n) is 0.611. The summed E-state index contributed by atoms with van der Waals surface area (Å²) in [5, 5.41) is 0. The monoisotopic (exact) mass is 122 g/mol. The highest BCUT2D eigenvalue weighted by Crippen LogP contribution is 2.04. The Hall–Kier alpha value is -0.890. The van der Waals surface area contributed by atoms with Gasteiger partial charge in [-0.2, -0.15) is 0 Å². The van der Waals surface area contributed by atoms with E-state index >= 15 is 0 Å². The summed E-state index contributed by atoms with van der Waals surface area (Å²) in [6, 6.07) is 0. The van der Waals surface area contributed by atoms with Gasteiger partial charge in [0.1, 0.15) is 5.66 Å². The van der Waals surface area contributed by atoms with E-state index in [1.807, 2.05) is 31.2 Å². The van der Waals surface area contributed by atoms with E-state index in [4.69, 9.17) is 5.73 Å². The van der Waals surface area contributed by atoms with E-state index in [-0.39, 0.29) is 0 Å². The third-order valence-corrected chi connectivity index (χ3v) is 1.09. The minimum absolute atomic E-state index is 0.510. The van der Waals surface area contributed by atoms with Gasteiger partial charge in [-0.3, -0.25) is 4.99 Å². The molecule has 1 heterocycles. The average molecular weight is 122 g/mol. The smallest absolute Gasteiger partial charge is 0.124 e. The zero-order valence-electron chi connectivity index (χ0n) is 5.41. The number of nitrogens with zero attached hydrogens (tertiary/aromatic N) is 1. The molecular weight excluding hydrogens is 112 g/mol. The predicted octanol–water partition coefficient (Wildman–Crippen LogP) is 0.858. The molecule has 9 heavy (non-hydrogen) atoms. The first kappa shape index (κ1) is 6.23. The normalized spacial score (nSPS) is 32.7. The van der Waals surface area contributed by atoms with Gasteiger partial charge >= 0.3 is 0 Å². The number of aliphatic imine (C=N–C) groups is 1. The Kier molecular flexibility index (Phi) is 1.49. The summed E-state index contributed by atoms with van der Waals surface area (Å²) < 4.78 is 0. The first-order valence-electron chi connectivity index (χ1n) is 2.89. The van der Waals surface area contributed by atoms with Crippen molar-refractivity contribution in [2.75, 3.05) is 0 Å². The lowest BCUT2D eigenvalue weighted by Crippen LogP contribution is -2.30. The van der Waals surface area contributed by atoms with Crippen LogP contribution < -0.4 is 5.73 Å². The third kappa shape index (κ3) is 1.82. The van der Waals surface area contributed by atoms with Gasteiger partial charge in [0.05, 0.1) is 0 Å². The van der Waals surface area contributed by atoms with Crippen LogP contribution in [0.3, 0.4) is 0 Å². The maximum absolute atomic E-state index is 5.65. The van der Waals surface area contributed by atoms with Crippen LogP contribution in [0, 0.1) is 0 Å². The molecule has 0 aromatic carbocycles. The molecule has 1 aliphatic heterocycles. The molecule has 1 unspecified atom stereocenters. The number of hydrogen-bond acceptors (Lipinski definition) is 2. The molecule has 0 amide bonds. The van der Waals surface area contributed by atoms with Crippen LogP contribution in [0.2, 0.25) is 0 Å². The fourth-order valence-corrected chi connectivity index (χ4v) is 0.611. The third-order valence-electron chi connectivity index (χ3n) is 1.09. The Balaban J connectivity index is 2.82. The van der Waals surface area contributed by atoms with Gasteiger partial charge in [-0.1, -0.05) is 12.2 Å². The van der Waals surface area contributed by atoms with Crippen molar-refractivity contribution in [3.63, 3.8) is 0 Å². The fraction of sp³-hybridized carbons (Fsp3) is 0.286. The molecule has 0 aromatic heterocycles. The van der Waals surface area contributed by atoms with Crippen LogP contribution in [-0.2, 0) is 0 Å². The van der Waals surface area contributed by atoms with Crippen molar-refractivity contribution in [2.45, 2.75) is 12.6 Å². The molecule has 0 aromatic rings. The van der Waals surface area contributed by atoms with Crippen molar-refractivity contribution < 1.29 is 0 Å². The summed E-state index contributed by atoms with van der Waals surface area (Å²) in [5.74, 6) is 0. The quantitative estimate of drug-likeness (QED) is 0.508. The molecule has 0 fully saturated rings. The van der Waals surface area contributed by atoms with Gasteiger partial charge in [0, 0.05) is 6.21 Å². The second-order valence-corrected chi connectivity index (χ2v) is 2.25. The van der Waals surface area contributed by atoms with Crippen molar-refractivity contribution in [3.8, 4) is 0 Å². The van der Waals surface area contributed by atoms with Gasteiger partial charge in [-0.05, 0) is 19.1 Å². The first-order valence-corrected chi connectivity index (χ1v) is 2.89. The van der Waals surface area contributed by atoms with Crippen LogP contribution in [0.4, 0.5) is 0 Å². The molecule has 0 saturated heterocycles. The lowest BCUT2D eigenvalue weighted by atomic mass is 10.2. The van der Waals surface area contributed by atoms with Crippen molar-refractivity contribution in [2.24, 2.45) is 10.7 Å². The van der Waals surface area contributed by atoms with E-state index in [1.165, 1.54) is 0 Å². The van der Waals surface area contributed by atoms with E-state index in [0.29, 0.717) is 0 Å². The molecule has 0 radical (unpaired) electrons. The van der Waals surface area contributed by atoms with Gasteiger partial charge in [-0.25, -0.2) is 0 Å². The van der Waals surface area contributed by atoms with E-state index < -0.39 is 5.66 Å². The highest BCUT2D eigenvalue weighted by Gasteiger charge is 2.09. The van der Waals surface area contributed by atoms with Crippen LogP contribution in [-0.4, -0.2) is 11.9 Å². The summed E-state index contributed by atoms with van der Waals surface area (Å²) in [4.78, 5) is 4.03. The Morgan fingerprint density at radius 1 is 1.33 bits per heavy atom. The molecule has 0 saturated carbocycles. The summed E-state index contributed by atoms with van der Waals surface area (Å²) in [5.41, 5.74) is 5.14. The van der Waals surface area contributed by atoms with Gasteiger partial charge < -0.3 is 5.73 Å². The average Bonchev–Trinajstić information content (AvgIpc) is 1.92. The highest BCUT2D eigenvalue weighted by molar-refractivity contribution is 5.72. The van der Waals surface area contributed by atoms with Gasteiger partial charge in [0.2, 0.25) is 0 Å². The second-order valence-electron chi connectivity index (χ2n) is 2.25. The van der Waals surface area contributed by atoms with Crippen LogP contribution in [0.15, 0.2) is 29.3 Å². The van der Waals surface area contributed by atoms with Crippen LogP contribution in [0.1, 0.15) is 6.92 Å². The Morgan fingerprint density at radius 3 is 2.89 bits per heavy atom. The maximum Gasteiger partial charge on any atom is 0.124 e. The minimum Gasteiger partial charge on any atom is -0.304 e. The molecular formula is C7H10N2. The van der Waals surface area contributed by atoms with Crippen molar-refractivity contribution in [1.29, 1.82) is 0 Å². The zero-order chi connectivity index (χ0) is 6.74. The predicted molar refractivity (Wildman–Crippen MR) is 39.4 cm³/mol. The van der Waals surface area contributed by atoms with Crippen molar-refractivity contribution in [1.82, 2.24) is 0 Å². The highest BCUT2D eigenvalue weighted by atomic mass is 15.0. The van der Waals surface area contributed by atoms with Gasteiger partial charge in [0.15, 0.2) is 0 Å². The lowest BCUT2D eigenvalue weighted by Gasteiger charge is -2.11. The first-order chi connectivity index (χ1) is 4.21. The summed E-state index contributed by atoms with van der Waals surface area (Å²) in [7, 11) is 0. The second kappa shape index (κ2) is 2.15. The Labute approximate surface area is 54.8 Å². The molecule has 2 nitrogen and oxygen atoms in total. The standard InChI is InChI=1S/C7H10N2/c1-7(8)5-3-2-4-6-9-7/h2-6H,8H2,1H3. The minimum atomic E-state index is -0.510. The molecule has 1 aliphatic rings. The molecule has 2 N–H and O–H groups in total. The van der Waals surface area contributed by atoms with Crippen LogP contribution >= 0.6 is 0 Å². The lowest BCUT2D eigenvalue weighted by molar-refractivity contribution is 0.625. The molecule has 2 heteroatoms. The van der Waals surface area contributed by atoms with E-state index in [2.05, 4.69) is 4.99 Å². The zero-order valence-corrected chi connectivity index (χ0v) is 5.41. The largest absolute Gasteiger partial charge is 0.304 e. The van der Waals surface area contributed by atoms with E-state index in [0.717, 1.165) is 0 Å². The number of hydrogen-bond donors (Lipinski definition) is 1. The van der Waals surface area contributed by atoms with Crippen molar-refractivity contribution in [3.05, 3.63) is 24.3 Å². The number of allylic oxidation sites excluding steroid dienone is 3. The Bertz CT molecular complexity index is 157. The molecule has 1 rings (SSSR count). The van der Waals surface area contributed by atoms with Crippen molar-refractivity contribution >= 4 is 6.21 Å². The maximum atomic E-state index is 5.65. The summed E-state index contributed by atoms with van der Waals surface area (Å²) >= 11 is 0. The molecule has 0 spiro atoms. The Morgan fingerprint density at radius 2 is 2.11 bits per heavy atom. The topological polar surface area (TPSA) is 38.4 Å². The number of rotatable bonds is 0. The molecule has 0 aliphatic carbocycles. The molecule has 0 bridgehead atoms. The molecule has 1 atom stereocenters. The summed E-state index contributed by atoms with van der Waals surface area (Å²) in [6.45, 7) is 1.85. The van der Waals surface area contributed by atoms with E-state index in [1.54, 1.807) is 6.21 Å². The van der Waals surface area contributed by atoms with E-state index in [9.17, 15) is 0 Å².